The van der Waals surface area contributed by atoms with E-state index in [-0.39, 0.29) is 17.3 Å². The van der Waals surface area contributed by atoms with Crippen molar-refractivity contribution in [2.45, 2.75) is 13.8 Å². The van der Waals surface area contributed by atoms with Crippen LogP contribution >= 0.6 is 27.3 Å². The normalized spacial score (nSPS) is 10.3. The van der Waals surface area contributed by atoms with E-state index in [1.807, 2.05) is 0 Å². The first-order valence-corrected chi connectivity index (χ1v) is 7.06. The summed E-state index contributed by atoms with van der Waals surface area (Å²) < 4.78 is 0.560. The molecule has 1 amide bonds. The maximum atomic E-state index is 11.8. The number of carbonyl (C=O) groups excluding carboxylic acids is 1. The highest BCUT2D eigenvalue weighted by Crippen LogP contribution is 2.36. The van der Waals surface area contributed by atoms with Gasteiger partial charge in [0.15, 0.2) is 0 Å². The number of hydrogen-bond acceptors (Lipinski definition) is 6. The Morgan fingerprint density at radius 1 is 1.45 bits per heavy atom. The highest BCUT2D eigenvalue weighted by molar-refractivity contribution is 9.10. The second-order valence-corrected chi connectivity index (χ2v) is 5.92. The minimum atomic E-state index is -0.538. The summed E-state index contributed by atoms with van der Waals surface area (Å²) in [5.41, 5.74) is -0.00993. The second kappa shape index (κ2) is 5.63. The number of anilines is 2. The lowest BCUT2D eigenvalue weighted by Crippen LogP contribution is -2.23. The minimum absolute atomic E-state index is 0.168. The fourth-order valence-corrected chi connectivity index (χ4v) is 2.71. The van der Waals surface area contributed by atoms with Gasteiger partial charge in [0.1, 0.15) is 10.7 Å². The van der Waals surface area contributed by atoms with Gasteiger partial charge in [0.2, 0.25) is 11.0 Å². The molecule has 0 radical (unpaired) electrons. The highest BCUT2D eigenvalue weighted by Gasteiger charge is 2.26. The number of aromatic nitrogens is 2. The Morgan fingerprint density at radius 2 is 2.15 bits per heavy atom. The molecule has 7 nitrogen and oxygen atoms in total. The van der Waals surface area contributed by atoms with Crippen molar-refractivity contribution in [3.63, 3.8) is 0 Å². The number of nitro groups is 1. The largest absolute Gasteiger partial charge is 0.294 e. The first-order chi connectivity index (χ1) is 9.40. The molecular weight excluding hydrogens is 348 g/mol. The predicted molar refractivity (Wildman–Crippen MR) is 78.3 cm³/mol. The Balaban J connectivity index is 2.61. The number of halogens is 1. The van der Waals surface area contributed by atoms with Gasteiger partial charge in [-0.2, -0.15) is 0 Å². The van der Waals surface area contributed by atoms with E-state index in [1.165, 1.54) is 35.3 Å². The fourth-order valence-electron chi connectivity index (χ4n) is 1.62. The zero-order valence-electron chi connectivity index (χ0n) is 10.5. The van der Waals surface area contributed by atoms with Crippen molar-refractivity contribution in [1.29, 1.82) is 0 Å². The third kappa shape index (κ3) is 2.83. The number of nitrogens with zero attached hydrogens (tertiary/aromatic N) is 4. The third-order valence-electron chi connectivity index (χ3n) is 2.40. The molecule has 0 aliphatic rings. The molecule has 1 aromatic carbocycles. The van der Waals surface area contributed by atoms with Crippen LogP contribution in [-0.4, -0.2) is 21.0 Å². The molecule has 0 N–H and O–H groups in total. The molecule has 0 unspecified atom stereocenters. The van der Waals surface area contributed by atoms with Crippen LogP contribution < -0.4 is 4.90 Å². The maximum Gasteiger partial charge on any atom is 0.294 e. The van der Waals surface area contributed by atoms with Crippen LogP contribution in [0.25, 0.3) is 0 Å². The Labute approximate surface area is 126 Å². The first-order valence-electron chi connectivity index (χ1n) is 5.45. The van der Waals surface area contributed by atoms with Crippen molar-refractivity contribution in [3.05, 3.63) is 37.8 Å². The second-order valence-electron chi connectivity index (χ2n) is 3.85. The van der Waals surface area contributed by atoms with Gasteiger partial charge in [0.05, 0.1) is 4.92 Å². The van der Waals surface area contributed by atoms with E-state index in [0.29, 0.717) is 14.6 Å². The Bertz CT molecular complexity index is 688. The minimum Gasteiger partial charge on any atom is -0.274 e. The van der Waals surface area contributed by atoms with Crippen molar-refractivity contribution in [3.8, 4) is 0 Å². The molecule has 0 atom stereocenters. The monoisotopic (exact) mass is 356 g/mol. The molecule has 9 heteroatoms. The van der Waals surface area contributed by atoms with Gasteiger partial charge in [-0.05, 0) is 19.1 Å². The molecule has 0 spiro atoms. The zero-order valence-corrected chi connectivity index (χ0v) is 12.9. The van der Waals surface area contributed by atoms with Crippen LogP contribution in [-0.2, 0) is 4.79 Å². The van der Waals surface area contributed by atoms with Gasteiger partial charge in [0.25, 0.3) is 5.69 Å². The topological polar surface area (TPSA) is 89.2 Å². The highest BCUT2D eigenvalue weighted by atomic mass is 79.9. The number of hydrogen-bond donors (Lipinski definition) is 0. The Morgan fingerprint density at radius 3 is 2.65 bits per heavy atom. The average Bonchev–Trinajstić information content (AvgIpc) is 2.77. The molecule has 2 rings (SSSR count). The van der Waals surface area contributed by atoms with Crippen LogP contribution in [0.3, 0.4) is 0 Å². The van der Waals surface area contributed by atoms with Crippen LogP contribution in [0.5, 0.6) is 0 Å². The Hall–Kier alpha value is -1.87. The van der Waals surface area contributed by atoms with Gasteiger partial charge in [0, 0.05) is 17.5 Å². The number of aryl methyl sites for hydroxylation is 1. The summed E-state index contributed by atoms with van der Waals surface area (Å²) in [5.74, 6) is -0.369. The maximum absolute atomic E-state index is 11.8. The van der Waals surface area contributed by atoms with Crippen LogP contribution in [0.2, 0.25) is 0 Å². The number of rotatable bonds is 3. The van der Waals surface area contributed by atoms with E-state index in [2.05, 4.69) is 26.1 Å². The van der Waals surface area contributed by atoms with E-state index in [4.69, 9.17) is 0 Å². The van der Waals surface area contributed by atoms with Crippen LogP contribution in [0.1, 0.15) is 11.9 Å². The summed E-state index contributed by atoms with van der Waals surface area (Å²) in [7, 11) is 0. The molecule has 1 aromatic heterocycles. The SMILES string of the molecule is CC(=O)N(c1nnc(C)s1)c1ccc(Br)cc1[N+](=O)[O-]. The van der Waals surface area contributed by atoms with Crippen LogP contribution in [0.4, 0.5) is 16.5 Å². The van der Waals surface area contributed by atoms with Crippen molar-refractivity contribution < 1.29 is 9.72 Å². The third-order valence-corrected chi connectivity index (χ3v) is 3.71. The van der Waals surface area contributed by atoms with Gasteiger partial charge < -0.3 is 0 Å². The van der Waals surface area contributed by atoms with E-state index in [9.17, 15) is 14.9 Å². The van der Waals surface area contributed by atoms with Crippen LogP contribution in [0, 0.1) is 17.0 Å². The lowest BCUT2D eigenvalue weighted by Gasteiger charge is -2.17. The molecule has 0 fully saturated rings. The van der Waals surface area contributed by atoms with E-state index in [1.54, 1.807) is 13.0 Å². The van der Waals surface area contributed by atoms with Crippen molar-refractivity contribution in [2.75, 3.05) is 4.90 Å². The number of nitro benzene ring substituents is 1. The smallest absolute Gasteiger partial charge is 0.274 e. The quantitative estimate of drug-likeness (QED) is 0.622. The molecular formula is C11H9BrN4O3S. The molecule has 104 valence electrons. The summed E-state index contributed by atoms with van der Waals surface area (Å²) in [6.45, 7) is 3.07. The molecule has 1 heterocycles. The molecule has 2 aromatic rings. The summed E-state index contributed by atoms with van der Waals surface area (Å²) in [5, 5.41) is 19.8. The molecule has 0 saturated heterocycles. The van der Waals surface area contributed by atoms with Crippen molar-refractivity contribution >= 4 is 49.7 Å². The fraction of sp³-hybridized carbons (Fsp3) is 0.182. The molecule has 20 heavy (non-hydrogen) atoms. The lowest BCUT2D eigenvalue weighted by atomic mass is 10.2. The average molecular weight is 357 g/mol. The van der Waals surface area contributed by atoms with Crippen molar-refractivity contribution in [2.24, 2.45) is 0 Å². The van der Waals surface area contributed by atoms with Gasteiger partial charge in [-0.15, -0.1) is 10.2 Å². The summed E-state index contributed by atoms with van der Waals surface area (Å²) in [6, 6.07) is 4.48. The van der Waals surface area contributed by atoms with Crippen molar-refractivity contribution in [1.82, 2.24) is 10.2 Å². The first kappa shape index (κ1) is 14.5. The standard InChI is InChI=1S/C11H9BrN4O3S/c1-6-13-14-11(20-6)15(7(2)17)9-4-3-8(12)5-10(9)16(18)19/h3-5H,1-2H3. The van der Waals surface area contributed by atoms with Crippen LogP contribution in [0.15, 0.2) is 22.7 Å². The lowest BCUT2D eigenvalue weighted by molar-refractivity contribution is -0.384. The van der Waals surface area contributed by atoms with E-state index >= 15 is 0 Å². The molecule has 0 bridgehead atoms. The summed E-state index contributed by atoms with van der Waals surface area (Å²) >= 11 is 4.37. The van der Waals surface area contributed by atoms with Gasteiger partial charge in [-0.1, -0.05) is 27.3 Å². The molecule has 0 aliphatic heterocycles. The number of amides is 1. The molecule has 0 aliphatic carbocycles. The molecule has 0 saturated carbocycles. The van der Waals surface area contributed by atoms with E-state index < -0.39 is 4.92 Å². The van der Waals surface area contributed by atoms with Gasteiger partial charge in [-0.25, -0.2) is 4.90 Å². The van der Waals surface area contributed by atoms with Gasteiger partial charge in [-0.3, -0.25) is 14.9 Å². The number of benzene rings is 1. The Kier molecular flexibility index (Phi) is 4.09. The predicted octanol–water partition coefficient (Wildman–Crippen LogP) is 3.20. The zero-order chi connectivity index (χ0) is 14.9. The van der Waals surface area contributed by atoms with Gasteiger partial charge >= 0.3 is 0 Å². The number of carbonyl (C=O) groups is 1. The van der Waals surface area contributed by atoms with E-state index in [0.717, 1.165) is 0 Å². The summed E-state index contributed by atoms with van der Waals surface area (Å²) in [6.07, 6.45) is 0. The summed E-state index contributed by atoms with van der Waals surface area (Å²) in [4.78, 5) is 23.6.